The molecule has 0 saturated heterocycles. The molecule has 0 aliphatic heterocycles. The molecule has 0 bridgehead atoms. The fourth-order valence-electron chi connectivity index (χ4n) is 2.20. The predicted molar refractivity (Wildman–Crippen MR) is 101 cm³/mol. The van der Waals surface area contributed by atoms with Gasteiger partial charge in [0.15, 0.2) is 5.43 Å². The van der Waals surface area contributed by atoms with Gasteiger partial charge in [-0.1, -0.05) is 0 Å². The molecular formula is C18H24N4O3. The number of nitrogens with two attached hydrogens (primary N) is 1. The lowest BCUT2D eigenvalue weighted by atomic mass is 10.2. The van der Waals surface area contributed by atoms with Crippen molar-refractivity contribution in [1.29, 1.82) is 0 Å². The Balaban J connectivity index is 2.18. The van der Waals surface area contributed by atoms with Crippen molar-refractivity contribution < 1.29 is 9.47 Å². The van der Waals surface area contributed by atoms with Gasteiger partial charge in [0.25, 0.3) is 0 Å². The van der Waals surface area contributed by atoms with Crippen LogP contribution >= 0.6 is 0 Å². The Morgan fingerprint density at radius 1 is 1.36 bits per heavy atom. The number of aromatic nitrogens is 1. The van der Waals surface area contributed by atoms with Crippen LogP contribution in [0.25, 0.3) is 10.9 Å². The van der Waals surface area contributed by atoms with Gasteiger partial charge in [0, 0.05) is 36.9 Å². The summed E-state index contributed by atoms with van der Waals surface area (Å²) in [6, 6.07) is 6.91. The number of nitrogens with zero attached hydrogens (tertiary/aromatic N) is 1. The number of pyridine rings is 1. The van der Waals surface area contributed by atoms with Crippen LogP contribution in [0.15, 0.2) is 46.3 Å². The van der Waals surface area contributed by atoms with E-state index in [-0.39, 0.29) is 11.5 Å². The highest BCUT2D eigenvalue weighted by atomic mass is 16.5. The molecule has 7 nitrogen and oxygen atoms in total. The van der Waals surface area contributed by atoms with Crippen molar-refractivity contribution in [2.45, 2.75) is 19.9 Å². The first kappa shape index (κ1) is 18.5. The normalized spacial score (nSPS) is 12.2. The lowest BCUT2D eigenvalue weighted by Crippen LogP contribution is -2.11. The Morgan fingerprint density at radius 3 is 2.88 bits per heavy atom. The summed E-state index contributed by atoms with van der Waals surface area (Å²) in [6.07, 6.45) is 3.28. The second-order valence-corrected chi connectivity index (χ2v) is 5.72. The molecule has 134 valence electrons. The second kappa shape index (κ2) is 8.89. The number of rotatable bonds is 8. The number of anilines is 1. The number of amidine groups is 1. The maximum Gasteiger partial charge on any atom is 0.191 e. The molecule has 2 rings (SSSR count). The monoisotopic (exact) mass is 344 g/mol. The smallest absolute Gasteiger partial charge is 0.191 e. The number of aliphatic imine (C=N–C) groups is 1. The topological polar surface area (TPSA) is 102 Å². The molecule has 0 unspecified atom stereocenters. The number of hydrogen-bond acceptors (Lipinski definition) is 5. The van der Waals surface area contributed by atoms with Crippen molar-refractivity contribution in [3.05, 3.63) is 46.8 Å². The highest BCUT2D eigenvalue weighted by molar-refractivity contribution is 5.91. The Labute approximate surface area is 146 Å². The van der Waals surface area contributed by atoms with Crippen LogP contribution in [0.2, 0.25) is 0 Å². The molecule has 2 aromatic rings. The van der Waals surface area contributed by atoms with Crippen molar-refractivity contribution >= 4 is 22.6 Å². The first-order chi connectivity index (χ1) is 12.0. The van der Waals surface area contributed by atoms with Gasteiger partial charge in [0.05, 0.1) is 12.1 Å². The molecule has 1 aromatic carbocycles. The third kappa shape index (κ3) is 5.65. The SMILES string of the molecule is COCCOc1ccc2c(=O)cc(N/C=C\C(N)=NC(C)C)[nH]c2c1. The molecule has 0 radical (unpaired) electrons. The van der Waals surface area contributed by atoms with Crippen molar-refractivity contribution in [2.24, 2.45) is 10.7 Å². The third-order valence-corrected chi connectivity index (χ3v) is 3.26. The minimum atomic E-state index is -0.0862. The molecule has 4 N–H and O–H groups in total. The molecule has 0 spiro atoms. The van der Waals surface area contributed by atoms with E-state index < -0.39 is 0 Å². The van der Waals surface area contributed by atoms with Crippen LogP contribution in [0.1, 0.15) is 13.8 Å². The van der Waals surface area contributed by atoms with Gasteiger partial charge in [-0.2, -0.15) is 0 Å². The standard InChI is InChI=1S/C18H24N4O3/c1-12(2)21-17(19)6-7-20-18-11-16(23)14-5-4-13(10-15(14)22-18)25-9-8-24-3/h4-7,10-12H,8-9H2,1-3H3,(H2,19,21)(H2,20,22,23)/b7-6-. The molecule has 0 aliphatic rings. The maximum atomic E-state index is 12.2. The zero-order chi connectivity index (χ0) is 18.2. The molecular weight excluding hydrogens is 320 g/mol. The summed E-state index contributed by atoms with van der Waals surface area (Å²) in [7, 11) is 1.62. The lowest BCUT2D eigenvalue weighted by molar-refractivity contribution is 0.146. The summed E-state index contributed by atoms with van der Waals surface area (Å²) < 4.78 is 10.5. The van der Waals surface area contributed by atoms with Gasteiger partial charge in [-0.3, -0.25) is 9.79 Å². The number of aromatic amines is 1. The highest BCUT2D eigenvalue weighted by Crippen LogP contribution is 2.18. The van der Waals surface area contributed by atoms with Crippen LogP contribution in [0.5, 0.6) is 5.75 Å². The Kier molecular flexibility index (Phi) is 6.59. The van der Waals surface area contributed by atoms with Crippen molar-refractivity contribution in [3.63, 3.8) is 0 Å². The summed E-state index contributed by atoms with van der Waals surface area (Å²) in [6.45, 7) is 4.84. The van der Waals surface area contributed by atoms with Crippen LogP contribution in [0.3, 0.4) is 0 Å². The predicted octanol–water partition coefficient (Wildman–Crippen LogP) is 2.24. The van der Waals surface area contributed by atoms with Gasteiger partial charge in [0.2, 0.25) is 0 Å². The summed E-state index contributed by atoms with van der Waals surface area (Å²) in [5, 5.41) is 3.59. The van der Waals surface area contributed by atoms with Crippen molar-refractivity contribution in [3.8, 4) is 5.75 Å². The average Bonchev–Trinajstić information content (AvgIpc) is 2.54. The van der Waals surface area contributed by atoms with E-state index in [4.69, 9.17) is 15.2 Å². The van der Waals surface area contributed by atoms with Gasteiger partial charge >= 0.3 is 0 Å². The van der Waals surface area contributed by atoms with Crippen LogP contribution in [0.4, 0.5) is 5.82 Å². The molecule has 0 fully saturated rings. The molecule has 1 heterocycles. The molecule has 0 saturated carbocycles. The fourth-order valence-corrected chi connectivity index (χ4v) is 2.20. The molecule has 0 amide bonds. The third-order valence-electron chi connectivity index (χ3n) is 3.26. The Hall–Kier alpha value is -2.80. The molecule has 7 heteroatoms. The van der Waals surface area contributed by atoms with Crippen molar-refractivity contribution in [2.75, 3.05) is 25.6 Å². The van der Waals surface area contributed by atoms with E-state index in [0.717, 1.165) is 0 Å². The maximum absolute atomic E-state index is 12.2. The van der Waals surface area contributed by atoms with E-state index in [0.29, 0.717) is 41.5 Å². The lowest BCUT2D eigenvalue weighted by Gasteiger charge is -2.08. The van der Waals surface area contributed by atoms with Crippen molar-refractivity contribution in [1.82, 2.24) is 4.98 Å². The van der Waals surface area contributed by atoms with E-state index in [1.807, 2.05) is 13.8 Å². The molecule has 25 heavy (non-hydrogen) atoms. The number of nitrogens with one attached hydrogen (secondary N) is 2. The van der Waals surface area contributed by atoms with Crippen LogP contribution in [-0.4, -0.2) is 37.2 Å². The molecule has 0 atom stereocenters. The molecule has 0 aliphatic carbocycles. The summed E-state index contributed by atoms with van der Waals surface area (Å²) in [5.41, 5.74) is 6.36. The van der Waals surface area contributed by atoms with Gasteiger partial charge < -0.3 is 25.5 Å². The zero-order valence-electron chi connectivity index (χ0n) is 14.7. The van der Waals surface area contributed by atoms with E-state index in [9.17, 15) is 4.79 Å². The number of methoxy groups -OCH3 is 1. The largest absolute Gasteiger partial charge is 0.491 e. The van der Waals surface area contributed by atoms with Gasteiger partial charge in [-0.25, -0.2) is 0 Å². The van der Waals surface area contributed by atoms with Gasteiger partial charge in [-0.05, 0) is 32.1 Å². The summed E-state index contributed by atoms with van der Waals surface area (Å²) >= 11 is 0. The number of hydrogen-bond donors (Lipinski definition) is 3. The van der Waals surface area contributed by atoms with Crippen LogP contribution < -0.4 is 21.2 Å². The summed E-state index contributed by atoms with van der Waals surface area (Å²) in [4.78, 5) is 19.6. The second-order valence-electron chi connectivity index (χ2n) is 5.72. The van der Waals surface area contributed by atoms with Crippen LogP contribution in [-0.2, 0) is 4.74 Å². The quantitative estimate of drug-likeness (QED) is 0.387. The minimum absolute atomic E-state index is 0.0862. The number of ether oxygens (including phenoxy) is 2. The first-order valence-corrected chi connectivity index (χ1v) is 8.05. The van der Waals surface area contributed by atoms with E-state index in [2.05, 4.69) is 15.3 Å². The summed E-state index contributed by atoms with van der Waals surface area (Å²) in [5.74, 6) is 1.64. The number of benzene rings is 1. The van der Waals surface area contributed by atoms with E-state index in [1.54, 1.807) is 37.6 Å². The van der Waals surface area contributed by atoms with E-state index >= 15 is 0 Å². The van der Waals surface area contributed by atoms with Gasteiger partial charge in [-0.15, -0.1) is 0 Å². The van der Waals surface area contributed by atoms with E-state index in [1.165, 1.54) is 6.07 Å². The molecule has 1 aromatic heterocycles. The highest BCUT2D eigenvalue weighted by Gasteiger charge is 2.03. The number of fused-ring (bicyclic) bond motifs is 1. The zero-order valence-corrected chi connectivity index (χ0v) is 14.7. The fraction of sp³-hybridized carbons (Fsp3) is 0.333. The Morgan fingerprint density at radius 2 is 2.16 bits per heavy atom. The first-order valence-electron chi connectivity index (χ1n) is 8.05. The van der Waals surface area contributed by atoms with Gasteiger partial charge in [0.1, 0.15) is 24.0 Å². The average molecular weight is 344 g/mol. The van der Waals surface area contributed by atoms with Crippen LogP contribution in [0, 0.1) is 0 Å². The minimum Gasteiger partial charge on any atom is -0.491 e. The number of H-pyrrole nitrogens is 1. The Bertz CT molecular complexity index is 825.